The van der Waals surface area contributed by atoms with Gasteiger partial charge in [0.2, 0.25) is 0 Å². The summed E-state index contributed by atoms with van der Waals surface area (Å²) in [6.07, 6.45) is 2.15. The quantitative estimate of drug-likeness (QED) is 0.899. The third-order valence-corrected chi connectivity index (χ3v) is 4.42. The first-order chi connectivity index (χ1) is 9.05. The fourth-order valence-corrected chi connectivity index (χ4v) is 2.85. The Morgan fingerprint density at radius 1 is 1.37 bits per heavy atom. The van der Waals surface area contributed by atoms with Crippen molar-refractivity contribution < 1.29 is 4.39 Å². The van der Waals surface area contributed by atoms with Crippen molar-refractivity contribution in [2.75, 3.05) is 33.7 Å². The third kappa shape index (κ3) is 3.32. The van der Waals surface area contributed by atoms with Crippen LogP contribution in [0.4, 0.5) is 4.39 Å². The third-order valence-electron chi connectivity index (χ3n) is 4.42. The second kappa shape index (κ2) is 5.99. The van der Waals surface area contributed by atoms with Gasteiger partial charge in [0.15, 0.2) is 0 Å². The molecular weight excluding hydrogens is 241 g/mol. The van der Waals surface area contributed by atoms with Gasteiger partial charge >= 0.3 is 0 Å². The lowest BCUT2D eigenvalue weighted by atomic mass is 9.86. The molecule has 19 heavy (non-hydrogen) atoms. The van der Waals surface area contributed by atoms with E-state index in [2.05, 4.69) is 23.9 Å². The van der Waals surface area contributed by atoms with Gasteiger partial charge in [0.05, 0.1) is 0 Å². The summed E-state index contributed by atoms with van der Waals surface area (Å²) in [4.78, 5) is 4.64. The molecule has 1 aromatic rings. The zero-order valence-electron chi connectivity index (χ0n) is 11.9. The van der Waals surface area contributed by atoms with E-state index < -0.39 is 0 Å². The minimum absolute atomic E-state index is 0.0544. The predicted molar refractivity (Wildman–Crippen MR) is 76.4 cm³/mol. The Morgan fingerprint density at radius 2 is 2.05 bits per heavy atom. The Morgan fingerprint density at radius 3 is 2.63 bits per heavy atom. The number of piperidine rings is 1. The first kappa shape index (κ1) is 14.4. The molecule has 0 atom stereocenters. The highest BCUT2D eigenvalue weighted by molar-refractivity contribution is 5.16. The molecule has 0 aromatic heterocycles. The van der Waals surface area contributed by atoms with Gasteiger partial charge in [-0.1, -0.05) is 12.1 Å². The summed E-state index contributed by atoms with van der Waals surface area (Å²) in [6, 6.07) is 6.83. The molecule has 1 aliphatic heterocycles. The Labute approximate surface area is 115 Å². The van der Waals surface area contributed by atoms with Crippen molar-refractivity contribution in [2.45, 2.75) is 24.9 Å². The highest BCUT2D eigenvalue weighted by Gasteiger charge is 2.36. The second-order valence-electron chi connectivity index (χ2n) is 5.72. The molecule has 0 spiro atoms. The lowest BCUT2D eigenvalue weighted by molar-refractivity contribution is 0.0484. The Hall–Kier alpha value is -0.970. The first-order valence-corrected chi connectivity index (χ1v) is 6.90. The fraction of sp³-hybridized carbons (Fsp3) is 0.600. The van der Waals surface area contributed by atoms with Gasteiger partial charge in [-0.2, -0.15) is 0 Å². The van der Waals surface area contributed by atoms with Crippen LogP contribution in [0.2, 0.25) is 0 Å². The van der Waals surface area contributed by atoms with E-state index in [9.17, 15) is 4.39 Å². The van der Waals surface area contributed by atoms with Crippen molar-refractivity contribution in [1.82, 2.24) is 9.80 Å². The Bertz CT molecular complexity index is 414. The molecule has 0 radical (unpaired) electrons. The molecule has 1 heterocycles. The zero-order chi connectivity index (χ0) is 13.9. The number of hydrogen-bond acceptors (Lipinski definition) is 3. The molecule has 0 bridgehead atoms. The minimum atomic E-state index is -0.170. The van der Waals surface area contributed by atoms with E-state index in [0.717, 1.165) is 38.0 Å². The molecule has 3 nitrogen and oxygen atoms in total. The van der Waals surface area contributed by atoms with Crippen LogP contribution in [0.15, 0.2) is 24.3 Å². The van der Waals surface area contributed by atoms with Crippen molar-refractivity contribution in [1.29, 1.82) is 0 Å². The van der Waals surface area contributed by atoms with E-state index >= 15 is 0 Å². The van der Waals surface area contributed by atoms with Gasteiger partial charge in [0.25, 0.3) is 0 Å². The maximum atomic E-state index is 13.2. The molecule has 1 saturated heterocycles. The number of halogens is 1. The number of likely N-dealkylation sites (N-methyl/N-ethyl adjacent to an activating group) is 1. The van der Waals surface area contributed by atoms with Crippen molar-refractivity contribution in [3.63, 3.8) is 0 Å². The molecule has 1 aromatic carbocycles. The maximum Gasteiger partial charge on any atom is 0.123 e. The molecular formula is C15H24FN3. The van der Waals surface area contributed by atoms with Crippen LogP contribution in [0.5, 0.6) is 0 Å². The predicted octanol–water partition coefficient (Wildman–Crippen LogP) is 1.68. The van der Waals surface area contributed by atoms with E-state index in [1.54, 1.807) is 12.1 Å². The molecule has 0 amide bonds. The van der Waals surface area contributed by atoms with Gasteiger partial charge in [-0.25, -0.2) is 4.39 Å². The van der Waals surface area contributed by atoms with Crippen LogP contribution in [0.1, 0.15) is 18.4 Å². The lowest BCUT2D eigenvalue weighted by Gasteiger charge is -2.46. The van der Waals surface area contributed by atoms with Gasteiger partial charge in [-0.3, -0.25) is 4.90 Å². The summed E-state index contributed by atoms with van der Waals surface area (Å²) in [6.45, 7) is 3.56. The summed E-state index contributed by atoms with van der Waals surface area (Å²) in [5.74, 6) is -0.170. The molecule has 0 aliphatic carbocycles. The molecule has 1 fully saturated rings. The molecule has 2 N–H and O–H groups in total. The van der Waals surface area contributed by atoms with E-state index in [-0.39, 0.29) is 11.4 Å². The number of rotatable bonds is 4. The minimum Gasteiger partial charge on any atom is -0.329 e. The maximum absolute atomic E-state index is 13.2. The van der Waals surface area contributed by atoms with Crippen LogP contribution in [0.25, 0.3) is 0 Å². The monoisotopic (exact) mass is 265 g/mol. The topological polar surface area (TPSA) is 32.5 Å². The van der Waals surface area contributed by atoms with Gasteiger partial charge in [-0.15, -0.1) is 0 Å². The molecule has 0 unspecified atom stereocenters. The fourth-order valence-electron chi connectivity index (χ4n) is 2.85. The van der Waals surface area contributed by atoms with E-state index in [4.69, 9.17) is 5.73 Å². The number of benzene rings is 1. The van der Waals surface area contributed by atoms with Gasteiger partial charge < -0.3 is 10.6 Å². The van der Waals surface area contributed by atoms with Gasteiger partial charge in [-0.05, 0) is 57.7 Å². The smallest absolute Gasteiger partial charge is 0.123 e. The van der Waals surface area contributed by atoms with Crippen molar-refractivity contribution >= 4 is 0 Å². The zero-order valence-corrected chi connectivity index (χ0v) is 11.9. The Balaban J connectivity index is 2.06. The van der Waals surface area contributed by atoms with Crippen LogP contribution in [0, 0.1) is 5.82 Å². The largest absolute Gasteiger partial charge is 0.329 e. The van der Waals surface area contributed by atoms with Crippen LogP contribution >= 0.6 is 0 Å². The average Bonchev–Trinajstić information content (AvgIpc) is 2.40. The number of nitrogens with two attached hydrogens (primary N) is 1. The summed E-state index contributed by atoms with van der Waals surface area (Å²) < 4.78 is 13.2. The SMILES string of the molecule is CN1CCC(CN)(N(C)Cc2cccc(F)c2)CC1. The first-order valence-electron chi connectivity index (χ1n) is 6.90. The van der Waals surface area contributed by atoms with Crippen LogP contribution in [0.3, 0.4) is 0 Å². The number of likely N-dealkylation sites (tertiary alicyclic amines) is 1. The van der Waals surface area contributed by atoms with Crippen LogP contribution in [-0.2, 0) is 6.54 Å². The summed E-state index contributed by atoms with van der Waals surface area (Å²) in [5.41, 5.74) is 7.10. The van der Waals surface area contributed by atoms with Crippen LogP contribution < -0.4 is 5.73 Å². The standard InChI is InChI=1S/C15H24FN3/c1-18-8-6-15(12-17,7-9-18)19(2)11-13-4-3-5-14(16)10-13/h3-5,10H,6-9,11-12,17H2,1-2H3. The van der Waals surface area contributed by atoms with Crippen molar-refractivity contribution in [2.24, 2.45) is 5.73 Å². The normalized spacial score (nSPS) is 19.8. The number of nitrogens with zero attached hydrogens (tertiary/aromatic N) is 2. The molecule has 2 rings (SSSR count). The van der Waals surface area contributed by atoms with E-state index in [0.29, 0.717) is 6.54 Å². The molecule has 4 heteroatoms. The molecule has 0 saturated carbocycles. The number of hydrogen-bond donors (Lipinski definition) is 1. The van der Waals surface area contributed by atoms with E-state index in [1.807, 2.05) is 6.07 Å². The highest BCUT2D eigenvalue weighted by Crippen LogP contribution is 2.27. The average molecular weight is 265 g/mol. The summed E-state index contributed by atoms with van der Waals surface area (Å²) in [5, 5.41) is 0. The molecule has 1 aliphatic rings. The lowest BCUT2D eigenvalue weighted by Crippen LogP contribution is -2.57. The molecule has 106 valence electrons. The summed E-state index contributed by atoms with van der Waals surface area (Å²) >= 11 is 0. The highest BCUT2D eigenvalue weighted by atomic mass is 19.1. The second-order valence-corrected chi connectivity index (χ2v) is 5.72. The van der Waals surface area contributed by atoms with Crippen LogP contribution in [-0.4, -0.2) is 49.1 Å². The van der Waals surface area contributed by atoms with E-state index in [1.165, 1.54) is 6.07 Å². The summed E-state index contributed by atoms with van der Waals surface area (Å²) in [7, 11) is 4.25. The van der Waals surface area contributed by atoms with Gasteiger partial charge in [0, 0.05) is 18.6 Å². The van der Waals surface area contributed by atoms with Crippen molar-refractivity contribution in [3.05, 3.63) is 35.6 Å². The Kier molecular flexibility index (Phi) is 4.55. The van der Waals surface area contributed by atoms with Gasteiger partial charge in [0.1, 0.15) is 5.82 Å². The van der Waals surface area contributed by atoms with Crippen molar-refractivity contribution in [3.8, 4) is 0 Å².